The molecule has 0 aromatic carbocycles. The summed E-state index contributed by atoms with van der Waals surface area (Å²) < 4.78 is 42.5. The van der Waals surface area contributed by atoms with Gasteiger partial charge in [-0.2, -0.15) is 0 Å². The molecule has 3 saturated heterocycles. The summed E-state index contributed by atoms with van der Waals surface area (Å²) >= 11 is 0. The van der Waals surface area contributed by atoms with Gasteiger partial charge >= 0.3 is 29.8 Å². The van der Waals surface area contributed by atoms with Crippen molar-refractivity contribution in [3.05, 3.63) is 0 Å². The van der Waals surface area contributed by atoms with E-state index in [-0.39, 0.29) is 6.10 Å². The van der Waals surface area contributed by atoms with E-state index in [9.17, 15) is 39.3 Å². The second-order valence-corrected chi connectivity index (χ2v) is 17.3. The maximum absolute atomic E-state index is 13.4. The molecule has 0 aromatic heterocycles. The highest BCUT2D eigenvalue weighted by molar-refractivity contribution is 5.84. The fraction of sp³-hybridized carbons (Fsp3) is 0.861. The zero-order valence-electron chi connectivity index (χ0n) is 30.2. The van der Waals surface area contributed by atoms with Gasteiger partial charge in [-0.3, -0.25) is 19.2 Å². The summed E-state index contributed by atoms with van der Waals surface area (Å²) in [5.41, 5.74) is -6.19. The molecule has 0 radical (unpaired) electrons. The molecule has 5 saturated carbocycles. The Bertz CT molecular complexity index is 1610. The highest BCUT2D eigenvalue weighted by Gasteiger charge is 2.93. The average Bonchev–Trinajstić information content (AvgIpc) is 3.91. The first-order valence-corrected chi connectivity index (χ1v) is 18.0. The van der Waals surface area contributed by atoms with Crippen molar-refractivity contribution < 1.29 is 72.5 Å². The number of carbonyl (C=O) groups is 5. The first-order valence-electron chi connectivity index (χ1n) is 18.0. The molecule has 8 aliphatic rings. The van der Waals surface area contributed by atoms with Crippen molar-refractivity contribution in [2.75, 3.05) is 0 Å². The minimum Gasteiger partial charge on any atom is -0.459 e. The molecule has 0 aromatic rings. The van der Waals surface area contributed by atoms with Crippen LogP contribution in [0.25, 0.3) is 0 Å². The van der Waals surface area contributed by atoms with Gasteiger partial charge < -0.3 is 48.5 Å². The molecule has 15 heteroatoms. The van der Waals surface area contributed by atoms with Crippen LogP contribution in [0.15, 0.2) is 0 Å². The highest BCUT2D eigenvalue weighted by Crippen LogP contribution is 2.81. The van der Waals surface area contributed by atoms with Crippen molar-refractivity contribution in [1.82, 2.24) is 0 Å². The van der Waals surface area contributed by atoms with Crippen LogP contribution in [0.4, 0.5) is 0 Å². The Morgan fingerprint density at radius 3 is 1.90 bits per heavy atom. The van der Waals surface area contributed by atoms with Gasteiger partial charge in [-0.05, 0) is 32.1 Å². The van der Waals surface area contributed by atoms with Gasteiger partial charge in [0, 0.05) is 68.1 Å². The van der Waals surface area contributed by atoms with E-state index in [1.165, 1.54) is 34.6 Å². The van der Waals surface area contributed by atoms with Gasteiger partial charge in [-0.15, -0.1) is 0 Å². The molecule has 1 spiro atoms. The summed E-state index contributed by atoms with van der Waals surface area (Å²) in [6, 6.07) is 0. The van der Waals surface area contributed by atoms with Crippen molar-refractivity contribution in [2.45, 2.75) is 135 Å². The lowest BCUT2D eigenvalue weighted by Crippen LogP contribution is -2.75. The zero-order valence-corrected chi connectivity index (χ0v) is 30.2. The van der Waals surface area contributed by atoms with Crippen LogP contribution in [0, 0.1) is 57.7 Å². The van der Waals surface area contributed by atoms with Crippen LogP contribution in [0.2, 0.25) is 0 Å². The number of aliphatic hydroxyl groups is 3. The summed E-state index contributed by atoms with van der Waals surface area (Å²) in [6.07, 6.45) is -8.73. The van der Waals surface area contributed by atoms with E-state index in [4.69, 9.17) is 33.2 Å². The third-order valence-corrected chi connectivity index (χ3v) is 15.2. The molecule has 3 N–H and O–H groups in total. The van der Waals surface area contributed by atoms with E-state index < -0.39 is 148 Å². The summed E-state index contributed by atoms with van der Waals surface area (Å²) in [6.45, 7) is 13.5. The molecule has 8 fully saturated rings. The fourth-order valence-electron chi connectivity index (χ4n) is 13.4. The van der Waals surface area contributed by atoms with Crippen LogP contribution in [-0.4, -0.2) is 111 Å². The maximum Gasteiger partial charge on any atom is 0.341 e. The smallest absolute Gasteiger partial charge is 0.341 e. The maximum atomic E-state index is 13.4. The SMILES string of the molecule is CC(=O)O[C@@H]1[C@H](O)[C@H]2[C@@H]3[C@@H](O)[C@@H]4[C@H]([C@H](C)[C@H]5O[C@]56OC(=O)[C@@](C)(O)[C@]46C)[C@@]3(C)[C@@H](OC(C)=O)[C@@H](OC(C)=O)[C@@H]2[C@]2(C)[C@@H]1C[C@@H]1O[C@@H]1[C@@H]2OC(C)=O. The molecule has 15 nitrogen and oxygen atoms in total. The van der Waals surface area contributed by atoms with E-state index in [1.807, 2.05) is 20.8 Å². The van der Waals surface area contributed by atoms with E-state index in [0.717, 1.165) is 0 Å². The summed E-state index contributed by atoms with van der Waals surface area (Å²) in [5.74, 6) is -10.8. The number of esters is 5. The molecule has 282 valence electrons. The largest absolute Gasteiger partial charge is 0.459 e. The molecule has 0 bridgehead atoms. The van der Waals surface area contributed by atoms with E-state index in [2.05, 4.69) is 0 Å². The Morgan fingerprint density at radius 1 is 0.745 bits per heavy atom. The van der Waals surface area contributed by atoms with Gasteiger partial charge in [-0.25, -0.2) is 4.79 Å². The molecule has 8 rings (SSSR count). The van der Waals surface area contributed by atoms with Crippen molar-refractivity contribution in [2.24, 2.45) is 57.7 Å². The third-order valence-electron chi connectivity index (χ3n) is 15.2. The molecular formula is C36H48O15. The highest BCUT2D eigenvalue weighted by atomic mass is 16.8. The standard InChI is InChI=1S/C36H48O15/c1-11-19-22(34(8)35(9,44)31(43)51-36(34)28(11)50-36)24(42)20-18-21(27(46-13(3)38)30(33(19,20)7)48-15(5)40)32(6)16(25(23(18)41)45-12(2)37)10-17-26(49-17)29(32)47-14(4)39/h11,16-30,41-42,44H,10H2,1-9H3/t11-,16+,17-,18-,19-,20+,21+,22-,23+,24+,25-,26-,27-,28+,29-,30-,32-,33+,34-,35+,36-/m0/s1. The predicted octanol–water partition coefficient (Wildman–Crippen LogP) is 0.416. The number of hydrogen-bond acceptors (Lipinski definition) is 15. The Kier molecular flexibility index (Phi) is 7.19. The van der Waals surface area contributed by atoms with Gasteiger partial charge in [0.2, 0.25) is 5.79 Å². The minimum atomic E-state index is -2.12. The number of hydrogen-bond donors (Lipinski definition) is 3. The summed E-state index contributed by atoms with van der Waals surface area (Å²) in [5, 5.41) is 37.5. The lowest BCUT2D eigenvalue weighted by molar-refractivity contribution is -0.301. The van der Waals surface area contributed by atoms with Crippen LogP contribution >= 0.6 is 0 Å². The van der Waals surface area contributed by atoms with E-state index >= 15 is 0 Å². The molecule has 0 amide bonds. The molecule has 51 heavy (non-hydrogen) atoms. The summed E-state index contributed by atoms with van der Waals surface area (Å²) in [4.78, 5) is 65.1. The van der Waals surface area contributed by atoms with Gasteiger partial charge in [0.15, 0.2) is 5.60 Å². The van der Waals surface area contributed by atoms with Gasteiger partial charge in [0.25, 0.3) is 0 Å². The molecule has 0 unspecified atom stereocenters. The van der Waals surface area contributed by atoms with Gasteiger partial charge in [0.05, 0.1) is 23.7 Å². The topological polar surface area (TPSA) is 217 Å². The first-order chi connectivity index (χ1) is 23.6. The predicted molar refractivity (Wildman–Crippen MR) is 166 cm³/mol. The molecular weight excluding hydrogens is 672 g/mol. The zero-order chi connectivity index (χ0) is 37.3. The number of ether oxygens (including phenoxy) is 7. The van der Waals surface area contributed by atoms with Crippen molar-refractivity contribution in [3.8, 4) is 0 Å². The summed E-state index contributed by atoms with van der Waals surface area (Å²) in [7, 11) is 0. The van der Waals surface area contributed by atoms with Crippen molar-refractivity contribution >= 4 is 29.8 Å². The van der Waals surface area contributed by atoms with Gasteiger partial charge in [-0.1, -0.05) is 20.8 Å². The van der Waals surface area contributed by atoms with Crippen LogP contribution in [0.1, 0.15) is 68.7 Å². The quantitative estimate of drug-likeness (QED) is 0.204. The van der Waals surface area contributed by atoms with Crippen molar-refractivity contribution in [3.63, 3.8) is 0 Å². The normalized spacial score (nSPS) is 58.1. The van der Waals surface area contributed by atoms with E-state index in [1.54, 1.807) is 6.92 Å². The number of fused-ring (bicyclic) bond motifs is 9. The minimum absolute atomic E-state index is 0.316. The van der Waals surface area contributed by atoms with E-state index in [0.29, 0.717) is 6.42 Å². The number of epoxide rings is 2. The van der Waals surface area contributed by atoms with Crippen LogP contribution in [0.3, 0.4) is 0 Å². The lowest BCUT2D eigenvalue weighted by Gasteiger charge is -2.67. The third kappa shape index (κ3) is 3.99. The number of carbonyl (C=O) groups excluding carboxylic acids is 5. The van der Waals surface area contributed by atoms with Gasteiger partial charge in [0.1, 0.15) is 36.6 Å². The number of aliphatic hydroxyl groups excluding tert-OH is 2. The molecule has 3 aliphatic heterocycles. The lowest BCUT2D eigenvalue weighted by atomic mass is 9.40. The number of rotatable bonds is 4. The average molecular weight is 721 g/mol. The molecule has 3 heterocycles. The molecule has 5 aliphatic carbocycles. The Balaban J connectivity index is 1.39. The fourth-order valence-corrected chi connectivity index (χ4v) is 13.4. The van der Waals surface area contributed by atoms with Crippen LogP contribution in [0.5, 0.6) is 0 Å². The second kappa shape index (κ2) is 10.4. The van der Waals surface area contributed by atoms with Crippen molar-refractivity contribution in [1.29, 1.82) is 0 Å². The van der Waals surface area contributed by atoms with Crippen LogP contribution < -0.4 is 0 Å². The first kappa shape index (κ1) is 35.2. The monoisotopic (exact) mass is 720 g/mol. The Hall–Kier alpha value is -2.85. The Morgan fingerprint density at radius 2 is 1.31 bits per heavy atom. The van der Waals surface area contributed by atoms with Crippen LogP contribution in [-0.2, 0) is 57.1 Å². The molecule has 21 atom stereocenters. The Labute approximate surface area is 294 Å². The second-order valence-electron chi connectivity index (χ2n) is 17.3.